The van der Waals surface area contributed by atoms with Gasteiger partial charge in [0.1, 0.15) is 0 Å². The van der Waals surface area contributed by atoms with Crippen molar-refractivity contribution in [3.05, 3.63) is 30.3 Å². The minimum absolute atomic E-state index is 1.12. The standard InChI is InChI=1S/C10H14NS/c1-3-9-11(2)12-10-7-5-4-6-8-10/h4-7H,3,9H2,1-2H3. The van der Waals surface area contributed by atoms with E-state index in [-0.39, 0.29) is 0 Å². The smallest absolute Gasteiger partial charge is 0.0309 e. The van der Waals surface area contributed by atoms with Crippen molar-refractivity contribution in [2.24, 2.45) is 0 Å². The summed E-state index contributed by atoms with van der Waals surface area (Å²) in [6, 6.07) is 11.2. The topological polar surface area (TPSA) is 3.24 Å². The van der Waals surface area contributed by atoms with Crippen molar-refractivity contribution in [1.29, 1.82) is 0 Å². The molecule has 0 fully saturated rings. The first-order valence-corrected chi connectivity index (χ1v) is 4.96. The van der Waals surface area contributed by atoms with Gasteiger partial charge in [-0.25, -0.2) is 4.31 Å². The van der Waals surface area contributed by atoms with Crippen molar-refractivity contribution < 1.29 is 0 Å². The van der Waals surface area contributed by atoms with Crippen molar-refractivity contribution in [3.63, 3.8) is 0 Å². The molecule has 0 aliphatic heterocycles. The summed E-state index contributed by atoms with van der Waals surface area (Å²) >= 11 is 1.75. The fourth-order valence-corrected chi connectivity index (χ4v) is 1.83. The average molecular weight is 180 g/mol. The summed E-state index contributed by atoms with van der Waals surface area (Å²) < 4.78 is 2.23. The minimum Gasteiger partial charge on any atom is -0.249 e. The van der Waals surface area contributed by atoms with Crippen molar-refractivity contribution >= 4 is 11.9 Å². The molecule has 0 heterocycles. The molecule has 65 valence electrons. The van der Waals surface area contributed by atoms with Gasteiger partial charge in [0.05, 0.1) is 0 Å². The van der Waals surface area contributed by atoms with E-state index in [1.54, 1.807) is 11.9 Å². The monoisotopic (exact) mass is 180 g/mol. The van der Waals surface area contributed by atoms with E-state index < -0.39 is 0 Å². The van der Waals surface area contributed by atoms with Crippen LogP contribution in [0.2, 0.25) is 0 Å². The molecule has 0 atom stereocenters. The molecule has 0 aliphatic carbocycles. The second kappa shape index (κ2) is 5.22. The largest absolute Gasteiger partial charge is 0.249 e. The summed E-state index contributed by atoms with van der Waals surface area (Å²) in [6.45, 7) is 3.30. The van der Waals surface area contributed by atoms with Gasteiger partial charge in [0.25, 0.3) is 0 Å². The Balaban J connectivity index is 2.41. The van der Waals surface area contributed by atoms with Gasteiger partial charge in [0.2, 0.25) is 0 Å². The van der Waals surface area contributed by atoms with E-state index in [1.807, 2.05) is 18.2 Å². The van der Waals surface area contributed by atoms with E-state index in [1.165, 1.54) is 11.3 Å². The van der Waals surface area contributed by atoms with Gasteiger partial charge in [-0.15, -0.1) is 0 Å². The van der Waals surface area contributed by atoms with Gasteiger partial charge in [-0.05, 0) is 37.5 Å². The highest BCUT2D eigenvalue weighted by atomic mass is 32.2. The van der Waals surface area contributed by atoms with Crippen LogP contribution in [0, 0.1) is 6.07 Å². The molecule has 0 saturated carbocycles. The van der Waals surface area contributed by atoms with Gasteiger partial charge in [0.15, 0.2) is 0 Å². The van der Waals surface area contributed by atoms with Crippen LogP contribution in [0.15, 0.2) is 29.2 Å². The molecule has 2 heteroatoms. The Labute approximate surface area is 78.9 Å². The summed E-state index contributed by atoms with van der Waals surface area (Å²) in [5, 5.41) is 0. The maximum Gasteiger partial charge on any atom is 0.0309 e. The van der Waals surface area contributed by atoms with Crippen LogP contribution in [0.5, 0.6) is 0 Å². The molecular weight excluding hydrogens is 166 g/mol. The van der Waals surface area contributed by atoms with Gasteiger partial charge in [-0.3, -0.25) is 0 Å². The zero-order chi connectivity index (χ0) is 8.81. The summed E-state index contributed by atoms with van der Waals surface area (Å²) in [4.78, 5) is 1.19. The maximum atomic E-state index is 3.18. The zero-order valence-corrected chi connectivity index (χ0v) is 8.40. The first kappa shape index (κ1) is 9.62. The normalized spacial score (nSPS) is 10.6. The van der Waals surface area contributed by atoms with Crippen LogP contribution in [0.1, 0.15) is 13.3 Å². The highest BCUT2D eigenvalue weighted by molar-refractivity contribution is 7.97. The second-order valence-corrected chi connectivity index (χ2v) is 3.92. The molecule has 0 amide bonds. The van der Waals surface area contributed by atoms with Crippen LogP contribution in [0.25, 0.3) is 0 Å². The SMILES string of the molecule is CCCN(C)Sc1[c]cccc1. The van der Waals surface area contributed by atoms with Crippen LogP contribution in [-0.4, -0.2) is 17.9 Å². The molecule has 1 nitrogen and oxygen atoms in total. The predicted octanol–water partition coefficient (Wildman–Crippen LogP) is 2.84. The minimum atomic E-state index is 1.12. The highest BCUT2D eigenvalue weighted by Gasteiger charge is 1.98. The van der Waals surface area contributed by atoms with Crippen LogP contribution in [-0.2, 0) is 0 Å². The third-order valence-corrected chi connectivity index (χ3v) is 2.42. The number of rotatable bonds is 4. The zero-order valence-electron chi connectivity index (χ0n) is 7.58. The third kappa shape index (κ3) is 3.28. The van der Waals surface area contributed by atoms with Crippen molar-refractivity contribution in [2.75, 3.05) is 13.6 Å². The molecule has 12 heavy (non-hydrogen) atoms. The molecule has 1 radical (unpaired) electrons. The van der Waals surface area contributed by atoms with Gasteiger partial charge < -0.3 is 0 Å². The van der Waals surface area contributed by atoms with Gasteiger partial charge >= 0.3 is 0 Å². The number of hydrogen-bond acceptors (Lipinski definition) is 2. The lowest BCUT2D eigenvalue weighted by Crippen LogP contribution is -2.09. The Bertz CT molecular complexity index is 210. The Kier molecular flexibility index (Phi) is 4.19. The third-order valence-electron chi connectivity index (χ3n) is 1.47. The van der Waals surface area contributed by atoms with Crippen molar-refractivity contribution in [3.8, 4) is 0 Å². The van der Waals surface area contributed by atoms with E-state index in [2.05, 4.69) is 30.4 Å². The molecule has 0 unspecified atom stereocenters. The summed E-state index contributed by atoms with van der Waals surface area (Å²) in [6.07, 6.45) is 1.19. The molecule has 0 saturated heterocycles. The van der Waals surface area contributed by atoms with Crippen molar-refractivity contribution in [1.82, 2.24) is 4.31 Å². The fourth-order valence-electron chi connectivity index (χ4n) is 0.962. The predicted molar refractivity (Wildman–Crippen MR) is 54.1 cm³/mol. The van der Waals surface area contributed by atoms with E-state index >= 15 is 0 Å². The summed E-state index contributed by atoms with van der Waals surface area (Å²) in [5.41, 5.74) is 0. The van der Waals surface area contributed by atoms with Crippen LogP contribution in [0.3, 0.4) is 0 Å². The van der Waals surface area contributed by atoms with Gasteiger partial charge in [-0.1, -0.05) is 25.1 Å². The van der Waals surface area contributed by atoms with E-state index in [4.69, 9.17) is 0 Å². The number of hydrogen-bond donors (Lipinski definition) is 0. The molecule has 1 aromatic rings. The lowest BCUT2D eigenvalue weighted by atomic mass is 10.4. The fraction of sp³-hybridized carbons (Fsp3) is 0.400. The van der Waals surface area contributed by atoms with Crippen molar-refractivity contribution in [2.45, 2.75) is 18.2 Å². The Morgan fingerprint density at radius 3 is 2.92 bits per heavy atom. The summed E-state index contributed by atoms with van der Waals surface area (Å²) in [5.74, 6) is 0. The molecule has 0 aliphatic rings. The summed E-state index contributed by atoms with van der Waals surface area (Å²) in [7, 11) is 2.11. The van der Waals surface area contributed by atoms with E-state index in [9.17, 15) is 0 Å². The lowest BCUT2D eigenvalue weighted by Gasteiger charge is -2.13. The highest BCUT2D eigenvalue weighted by Crippen LogP contribution is 2.19. The first-order chi connectivity index (χ1) is 5.83. The first-order valence-electron chi connectivity index (χ1n) is 4.18. The maximum absolute atomic E-state index is 3.18. The van der Waals surface area contributed by atoms with Crippen LogP contribution >= 0.6 is 11.9 Å². The molecule has 0 aromatic heterocycles. The Morgan fingerprint density at radius 2 is 2.33 bits per heavy atom. The van der Waals surface area contributed by atoms with Crippen LogP contribution < -0.4 is 0 Å². The molecule has 0 N–H and O–H groups in total. The van der Waals surface area contributed by atoms with E-state index in [0.717, 1.165) is 6.54 Å². The average Bonchev–Trinajstić information content (AvgIpc) is 2.06. The van der Waals surface area contributed by atoms with Gasteiger partial charge in [-0.2, -0.15) is 0 Å². The molecule has 1 aromatic carbocycles. The second-order valence-electron chi connectivity index (χ2n) is 2.67. The Morgan fingerprint density at radius 1 is 1.50 bits per heavy atom. The van der Waals surface area contributed by atoms with Gasteiger partial charge in [0, 0.05) is 11.4 Å². The Hall–Kier alpha value is -0.470. The molecular formula is C10H14NS. The number of nitrogens with zero attached hydrogens (tertiary/aromatic N) is 1. The molecule has 1 rings (SSSR count). The molecule has 0 spiro atoms. The quantitative estimate of drug-likeness (QED) is 0.655. The van der Waals surface area contributed by atoms with Crippen LogP contribution in [0.4, 0.5) is 0 Å². The lowest BCUT2D eigenvalue weighted by molar-refractivity contribution is 0.559. The number of benzene rings is 1. The molecule has 0 bridgehead atoms. The van der Waals surface area contributed by atoms with E-state index in [0.29, 0.717) is 0 Å².